The molecule has 0 aliphatic heterocycles. The molecule has 0 radical (unpaired) electrons. The molecule has 0 bridgehead atoms. The van der Waals surface area contributed by atoms with Crippen molar-refractivity contribution in [2.45, 2.75) is 26.3 Å². The standard InChI is InChI=1S/C15H15N5O3S2/c1-2-9-4-10-13(25-9)17-7-20(14(10)23)5-12(22)19-15-18-8(6-24-15)3-11(16)21/h4,6-7H,2-3,5H2,1H3,(H2,16,21)(H,18,19,22). The van der Waals surface area contributed by atoms with Crippen LogP contribution in [0.3, 0.4) is 0 Å². The van der Waals surface area contributed by atoms with Gasteiger partial charge in [0.15, 0.2) is 5.13 Å². The minimum atomic E-state index is -0.490. The maximum absolute atomic E-state index is 12.5. The summed E-state index contributed by atoms with van der Waals surface area (Å²) in [5.41, 5.74) is 5.36. The van der Waals surface area contributed by atoms with Crippen LogP contribution < -0.4 is 16.6 Å². The lowest BCUT2D eigenvalue weighted by Crippen LogP contribution is -2.27. The van der Waals surface area contributed by atoms with Crippen LogP contribution in [0.15, 0.2) is 22.6 Å². The molecule has 0 fully saturated rings. The van der Waals surface area contributed by atoms with Crippen LogP contribution in [0.5, 0.6) is 0 Å². The minimum Gasteiger partial charge on any atom is -0.369 e. The maximum Gasteiger partial charge on any atom is 0.262 e. The maximum atomic E-state index is 12.5. The van der Waals surface area contributed by atoms with E-state index in [0.29, 0.717) is 21.0 Å². The molecule has 0 aromatic carbocycles. The number of nitrogens with one attached hydrogen (secondary N) is 1. The number of thiazole rings is 1. The second-order valence-corrected chi connectivity index (χ2v) is 7.27. The van der Waals surface area contributed by atoms with E-state index in [0.717, 1.165) is 11.3 Å². The van der Waals surface area contributed by atoms with Crippen molar-refractivity contribution >= 4 is 49.8 Å². The van der Waals surface area contributed by atoms with Crippen LogP contribution in [-0.2, 0) is 29.0 Å². The topological polar surface area (TPSA) is 120 Å². The highest BCUT2D eigenvalue weighted by atomic mass is 32.1. The zero-order chi connectivity index (χ0) is 18.0. The Hall–Kier alpha value is -2.59. The molecule has 0 unspecified atom stereocenters. The number of fused-ring (bicyclic) bond motifs is 1. The third-order valence-electron chi connectivity index (χ3n) is 3.39. The quantitative estimate of drug-likeness (QED) is 0.667. The number of amides is 2. The number of primary amides is 1. The second-order valence-electron chi connectivity index (χ2n) is 5.30. The van der Waals surface area contributed by atoms with E-state index < -0.39 is 11.8 Å². The number of thiophene rings is 1. The van der Waals surface area contributed by atoms with E-state index in [1.165, 1.54) is 33.6 Å². The van der Waals surface area contributed by atoms with Crippen LogP contribution in [0.1, 0.15) is 17.5 Å². The average Bonchev–Trinajstić information content (AvgIpc) is 3.16. The summed E-state index contributed by atoms with van der Waals surface area (Å²) >= 11 is 2.67. The van der Waals surface area contributed by atoms with Gasteiger partial charge in [0.1, 0.15) is 11.4 Å². The molecule has 0 saturated carbocycles. The molecular formula is C15H15N5O3S2. The van der Waals surface area contributed by atoms with E-state index in [2.05, 4.69) is 15.3 Å². The summed E-state index contributed by atoms with van der Waals surface area (Å²) in [5.74, 6) is -0.884. The monoisotopic (exact) mass is 377 g/mol. The van der Waals surface area contributed by atoms with Gasteiger partial charge in [-0.3, -0.25) is 19.0 Å². The number of anilines is 1. The molecule has 0 aliphatic carbocycles. The van der Waals surface area contributed by atoms with Gasteiger partial charge in [-0.1, -0.05) is 6.92 Å². The summed E-state index contributed by atoms with van der Waals surface area (Å²) in [4.78, 5) is 45.6. The molecule has 3 N–H and O–H groups in total. The van der Waals surface area contributed by atoms with E-state index in [9.17, 15) is 14.4 Å². The van der Waals surface area contributed by atoms with Crippen molar-refractivity contribution in [1.29, 1.82) is 0 Å². The van der Waals surface area contributed by atoms with Crippen LogP contribution in [-0.4, -0.2) is 26.3 Å². The Bertz CT molecular complexity index is 1000. The molecule has 3 heterocycles. The van der Waals surface area contributed by atoms with Crippen molar-refractivity contribution in [3.05, 3.63) is 38.7 Å². The first-order valence-corrected chi connectivity index (χ1v) is 9.16. The predicted molar refractivity (Wildman–Crippen MR) is 96.9 cm³/mol. The highest BCUT2D eigenvalue weighted by Gasteiger charge is 2.12. The molecule has 3 aromatic heterocycles. The molecule has 3 aromatic rings. The molecule has 130 valence electrons. The molecule has 8 nitrogen and oxygen atoms in total. The van der Waals surface area contributed by atoms with Gasteiger partial charge in [-0.2, -0.15) is 0 Å². The van der Waals surface area contributed by atoms with Crippen molar-refractivity contribution < 1.29 is 9.59 Å². The molecule has 0 atom stereocenters. The number of hydrogen-bond donors (Lipinski definition) is 2. The van der Waals surface area contributed by atoms with Crippen molar-refractivity contribution in [2.24, 2.45) is 5.73 Å². The minimum absolute atomic E-state index is 0.0182. The summed E-state index contributed by atoms with van der Waals surface area (Å²) in [6.07, 6.45) is 2.23. The largest absolute Gasteiger partial charge is 0.369 e. The van der Waals surface area contributed by atoms with Crippen molar-refractivity contribution in [3.8, 4) is 0 Å². The fourth-order valence-electron chi connectivity index (χ4n) is 2.23. The van der Waals surface area contributed by atoms with Gasteiger partial charge in [0.25, 0.3) is 5.56 Å². The van der Waals surface area contributed by atoms with Crippen LogP contribution in [0.25, 0.3) is 10.2 Å². The fraction of sp³-hybridized carbons (Fsp3) is 0.267. The summed E-state index contributed by atoms with van der Waals surface area (Å²) in [7, 11) is 0. The normalized spacial score (nSPS) is 10.9. The SMILES string of the molecule is CCc1cc2c(=O)n(CC(=O)Nc3nc(CC(N)=O)cs3)cnc2s1. The lowest BCUT2D eigenvalue weighted by Gasteiger charge is -2.04. The number of aryl methyl sites for hydroxylation is 1. The molecule has 3 rings (SSSR count). The van der Waals surface area contributed by atoms with Crippen LogP contribution in [0, 0.1) is 0 Å². The highest BCUT2D eigenvalue weighted by Crippen LogP contribution is 2.21. The number of nitrogens with two attached hydrogens (primary N) is 1. The van der Waals surface area contributed by atoms with Crippen LogP contribution in [0.4, 0.5) is 5.13 Å². The number of nitrogens with zero attached hydrogens (tertiary/aromatic N) is 3. The lowest BCUT2D eigenvalue weighted by molar-refractivity contribution is -0.117. The van der Waals surface area contributed by atoms with Gasteiger partial charge in [0, 0.05) is 10.3 Å². The molecule has 2 amide bonds. The predicted octanol–water partition coefficient (Wildman–Crippen LogP) is 1.14. The Morgan fingerprint density at radius 1 is 1.40 bits per heavy atom. The summed E-state index contributed by atoms with van der Waals surface area (Å²) < 4.78 is 1.27. The summed E-state index contributed by atoms with van der Waals surface area (Å²) in [6.45, 7) is 1.85. The van der Waals surface area contributed by atoms with Crippen LogP contribution >= 0.6 is 22.7 Å². The van der Waals surface area contributed by atoms with Gasteiger partial charge in [-0.15, -0.1) is 22.7 Å². The first kappa shape index (κ1) is 17.2. The van der Waals surface area contributed by atoms with Gasteiger partial charge in [0.2, 0.25) is 11.8 Å². The van der Waals surface area contributed by atoms with Crippen molar-refractivity contribution in [2.75, 3.05) is 5.32 Å². The number of aromatic nitrogens is 3. The van der Waals surface area contributed by atoms with Gasteiger partial charge in [0.05, 0.1) is 23.8 Å². The highest BCUT2D eigenvalue weighted by molar-refractivity contribution is 7.18. The first-order chi connectivity index (χ1) is 12.0. The Labute approximate surface area is 150 Å². The van der Waals surface area contributed by atoms with E-state index in [1.807, 2.05) is 13.0 Å². The number of carbonyl (C=O) groups is 2. The van der Waals surface area contributed by atoms with E-state index in [4.69, 9.17) is 5.73 Å². The first-order valence-electron chi connectivity index (χ1n) is 7.46. The smallest absolute Gasteiger partial charge is 0.262 e. The number of carbonyl (C=O) groups excluding carboxylic acids is 2. The van der Waals surface area contributed by atoms with Gasteiger partial charge < -0.3 is 11.1 Å². The molecule has 0 aliphatic rings. The lowest BCUT2D eigenvalue weighted by atomic mass is 10.3. The van der Waals surface area contributed by atoms with Crippen molar-refractivity contribution in [3.63, 3.8) is 0 Å². The van der Waals surface area contributed by atoms with E-state index >= 15 is 0 Å². The van der Waals surface area contributed by atoms with Crippen LogP contribution in [0.2, 0.25) is 0 Å². The molecule has 0 spiro atoms. The average molecular weight is 377 g/mol. The number of hydrogen-bond acceptors (Lipinski definition) is 7. The molecular weight excluding hydrogens is 362 g/mol. The van der Waals surface area contributed by atoms with E-state index in [-0.39, 0.29) is 18.5 Å². The Morgan fingerprint density at radius 3 is 2.92 bits per heavy atom. The third kappa shape index (κ3) is 3.91. The summed E-state index contributed by atoms with van der Waals surface area (Å²) in [5, 5.41) is 5.13. The Kier molecular flexibility index (Phi) is 4.91. The van der Waals surface area contributed by atoms with Gasteiger partial charge >= 0.3 is 0 Å². The molecule has 25 heavy (non-hydrogen) atoms. The summed E-state index contributed by atoms with van der Waals surface area (Å²) in [6, 6.07) is 1.82. The third-order valence-corrected chi connectivity index (χ3v) is 5.38. The van der Waals surface area contributed by atoms with Gasteiger partial charge in [-0.05, 0) is 12.5 Å². The molecule has 0 saturated heterocycles. The second kappa shape index (κ2) is 7.11. The fourth-order valence-corrected chi connectivity index (χ4v) is 3.89. The molecule has 10 heteroatoms. The zero-order valence-corrected chi connectivity index (χ0v) is 14.9. The number of rotatable bonds is 6. The Balaban J connectivity index is 1.73. The van der Waals surface area contributed by atoms with Gasteiger partial charge in [-0.25, -0.2) is 9.97 Å². The Morgan fingerprint density at radius 2 is 2.20 bits per heavy atom. The zero-order valence-electron chi connectivity index (χ0n) is 13.3. The van der Waals surface area contributed by atoms with Crippen molar-refractivity contribution in [1.82, 2.24) is 14.5 Å². The van der Waals surface area contributed by atoms with E-state index in [1.54, 1.807) is 5.38 Å².